The van der Waals surface area contributed by atoms with Gasteiger partial charge in [0.05, 0.1) is 12.6 Å². The summed E-state index contributed by atoms with van der Waals surface area (Å²) in [6, 6.07) is -1.15. The predicted molar refractivity (Wildman–Crippen MR) is 64.6 cm³/mol. The number of nitrogens with two attached hydrogens (primary N) is 1. The van der Waals surface area contributed by atoms with E-state index in [1.54, 1.807) is 20.8 Å². The molecule has 106 valence electrons. The smallest absolute Gasteiger partial charge is 0.410 e. The summed E-state index contributed by atoms with van der Waals surface area (Å²) in [5.41, 5.74) is 4.41. The molecule has 1 amide bonds. The Labute approximate surface area is 106 Å². The maximum atomic E-state index is 13.7. The number of halogens is 2. The summed E-state index contributed by atoms with van der Waals surface area (Å²) in [5, 5.41) is 0. The summed E-state index contributed by atoms with van der Waals surface area (Å²) in [4.78, 5) is 13.0. The van der Waals surface area contributed by atoms with Crippen LogP contribution in [0.15, 0.2) is 0 Å². The Hall–Kier alpha value is -0.910. The summed E-state index contributed by atoms with van der Waals surface area (Å²) in [5.74, 6) is -3.06. The third-order valence-corrected chi connectivity index (χ3v) is 2.89. The Kier molecular flexibility index (Phi) is 4.53. The van der Waals surface area contributed by atoms with Crippen LogP contribution in [0.3, 0.4) is 0 Å². The van der Waals surface area contributed by atoms with Crippen molar-refractivity contribution in [2.45, 2.75) is 57.6 Å². The topological polar surface area (TPSA) is 55.6 Å². The molecule has 0 bridgehead atoms. The Morgan fingerprint density at radius 2 is 2.00 bits per heavy atom. The van der Waals surface area contributed by atoms with Gasteiger partial charge < -0.3 is 10.5 Å². The van der Waals surface area contributed by atoms with E-state index < -0.39 is 30.2 Å². The molecule has 1 saturated heterocycles. The van der Waals surface area contributed by atoms with Crippen LogP contribution in [0.1, 0.15) is 40.0 Å². The molecule has 1 aliphatic heterocycles. The number of carbonyl (C=O) groups excluding carboxylic acids is 1. The van der Waals surface area contributed by atoms with E-state index in [9.17, 15) is 13.6 Å². The number of rotatable bonds is 2. The van der Waals surface area contributed by atoms with E-state index in [0.717, 1.165) is 11.3 Å². The lowest BCUT2D eigenvalue weighted by Crippen LogP contribution is -2.56. The Morgan fingerprint density at radius 1 is 1.39 bits per heavy atom. The molecule has 4 nitrogen and oxygen atoms in total. The zero-order valence-corrected chi connectivity index (χ0v) is 11.2. The van der Waals surface area contributed by atoms with Gasteiger partial charge >= 0.3 is 6.09 Å². The number of ether oxygens (including phenoxy) is 1. The molecule has 2 N–H and O–H groups in total. The van der Waals surface area contributed by atoms with Crippen molar-refractivity contribution in [2.75, 3.05) is 13.1 Å². The largest absolute Gasteiger partial charge is 0.444 e. The normalized spacial score (nSPS) is 21.9. The van der Waals surface area contributed by atoms with Crippen LogP contribution in [0.4, 0.5) is 13.6 Å². The molecule has 1 aliphatic rings. The fourth-order valence-corrected chi connectivity index (χ4v) is 2.05. The second-order valence-corrected chi connectivity index (χ2v) is 5.65. The van der Waals surface area contributed by atoms with Gasteiger partial charge in [-0.15, -0.1) is 0 Å². The second-order valence-electron chi connectivity index (χ2n) is 5.65. The third kappa shape index (κ3) is 3.80. The zero-order chi connectivity index (χ0) is 14.0. The lowest BCUT2D eigenvalue weighted by atomic mass is 9.97. The number of hydrogen-bond donors (Lipinski definition) is 1. The molecule has 0 aromatic heterocycles. The fraction of sp³-hybridized carbons (Fsp3) is 0.917. The molecule has 0 saturated carbocycles. The van der Waals surface area contributed by atoms with Crippen LogP contribution in [-0.2, 0) is 4.74 Å². The van der Waals surface area contributed by atoms with Crippen molar-refractivity contribution in [3.8, 4) is 0 Å². The van der Waals surface area contributed by atoms with Gasteiger partial charge in [0, 0.05) is 6.54 Å². The van der Waals surface area contributed by atoms with E-state index >= 15 is 0 Å². The highest BCUT2D eigenvalue weighted by atomic mass is 19.3. The van der Waals surface area contributed by atoms with Crippen LogP contribution in [0.5, 0.6) is 0 Å². The van der Waals surface area contributed by atoms with Gasteiger partial charge in [0.1, 0.15) is 5.60 Å². The standard InChI is InChI=1S/C12H22F2N2O2/c1-11(2,3)18-10(17)16-7-5-4-6-9(16)12(13,14)8-15/h9H,4-8,15H2,1-3H3. The molecule has 0 aliphatic carbocycles. The monoisotopic (exact) mass is 264 g/mol. The van der Waals surface area contributed by atoms with Gasteiger partial charge in [-0.1, -0.05) is 0 Å². The van der Waals surface area contributed by atoms with Crippen LogP contribution in [0, 0.1) is 0 Å². The van der Waals surface area contributed by atoms with Crippen LogP contribution in [0.25, 0.3) is 0 Å². The highest BCUT2D eigenvalue weighted by Crippen LogP contribution is 2.31. The first-order valence-corrected chi connectivity index (χ1v) is 6.25. The van der Waals surface area contributed by atoms with E-state index in [1.807, 2.05) is 0 Å². The maximum absolute atomic E-state index is 13.7. The van der Waals surface area contributed by atoms with Gasteiger partial charge in [-0.3, -0.25) is 4.90 Å². The summed E-state index contributed by atoms with van der Waals surface area (Å²) in [7, 11) is 0. The Bertz CT molecular complexity index is 303. The molecule has 0 aromatic rings. The molecular weight excluding hydrogens is 242 g/mol. The lowest BCUT2D eigenvalue weighted by Gasteiger charge is -2.40. The van der Waals surface area contributed by atoms with Crippen LogP contribution < -0.4 is 5.73 Å². The maximum Gasteiger partial charge on any atom is 0.410 e. The fourth-order valence-electron chi connectivity index (χ4n) is 2.05. The summed E-state index contributed by atoms with van der Waals surface area (Å²) >= 11 is 0. The number of likely N-dealkylation sites (tertiary alicyclic amines) is 1. The average molecular weight is 264 g/mol. The summed E-state index contributed by atoms with van der Waals surface area (Å²) in [6.07, 6.45) is 0.986. The molecule has 1 unspecified atom stereocenters. The van der Waals surface area contributed by atoms with Crippen LogP contribution >= 0.6 is 0 Å². The molecule has 0 radical (unpaired) electrons. The van der Waals surface area contributed by atoms with E-state index in [0.29, 0.717) is 13.0 Å². The molecule has 1 rings (SSSR count). The van der Waals surface area contributed by atoms with Crippen molar-refractivity contribution in [3.63, 3.8) is 0 Å². The van der Waals surface area contributed by atoms with E-state index in [-0.39, 0.29) is 6.42 Å². The number of piperidine rings is 1. The van der Waals surface area contributed by atoms with Gasteiger partial charge in [-0.05, 0) is 40.0 Å². The molecular formula is C12H22F2N2O2. The van der Waals surface area contributed by atoms with Crippen molar-refractivity contribution in [2.24, 2.45) is 5.73 Å². The molecule has 1 heterocycles. The summed E-state index contributed by atoms with van der Waals surface area (Å²) in [6.45, 7) is 4.69. The van der Waals surface area contributed by atoms with Gasteiger partial charge in [-0.25, -0.2) is 13.6 Å². The Balaban J connectivity index is 2.80. The van der Waals surface area contributed by atoms with Gasteiger partial charge in [-0.2, -0.15) is 0 Å². The first-order valence-electron chi connectivity index (χ1n) is 6.25. The molecule has 6 heteroatoms. The first kappa shape index (κ1) is 15.1. The van der Waals surface area contributed by atoms with E-state index in [1.165, 1.54) is 0 Å². The highest BCUT2D eigenvalue weighted by molar-refractivity contribution is 5.68. The third-order valence-electron chi connectivity index (χ3n) is 2.89. The number of hydrogen-bond acceptors (Lipinski definition) is 3. The minimum atomic E-state index is -3.06. The average Bonchev–Trinajstić information content (AvgIpc) is 2.27. The Morgan fingerprint density at radius 3 is 2.50 bits per heavy atom. The van der Waals surface area contributed by atoms with Crippen LogP contribution in [0.2, 0.25) is 0 Å². The quantitative estimate of drug-likeness (QED) is 0.833. The van der Waals surface area contributed by atoms with Crippen molar-refractivity contribution < 1.29 is 18.3 Å². The summed E-state index contributed by atoms with van der Waals surface area (Å²) < 4.78 is 32.6. The SMILES string of the molecule is CC(C)(C)OC(=O)N1CCCCC1C(F)(F)CN. The van der Waals surface area contributed by atoms with Crippen molar-refractivity contribution in [1.29, 1.82) is 0 Å². The molecule has 1 atom stereocenters. The number of carbonyl (C=O) groups is 1. The number of alkyl halides is 2. The van der Waals surface area contributed by atoms with E-state index in [4.69, 9.17) is 10.5 Å². The first-order chi connectivity index (χ1) is 8.17. The van der Waals surface area contributed by atoms with Gasteiger partial charge in [0.2, 0.25) is 0 Å². The van der Waals surface area contributed by atoms with Crippen LogP contribution in [-0.4, -0.2) is 41.6 Å². The van der Waals surface area contributed by atoms with Gasteiger partial charge in [0.15, 0.2) is 0 Å². The molecule has 0 aromatic carbocycles. The highest BCUT2D eigenvalue weighted by Gasteiger charge is 2.45. The molecule has 0 spiro atoms. The lowest BCUT2D eigenvalue weighted by molar-refractivity contribution is -0.0888. The van der Waals surface area contributed by atoms with E-state index in [2.05, 4.69) is 0 Å². The van der Waals surface area contributed by atoms with Crippen molar-refractivity contribution in [1.82, 2.24) is 4.90 Å². The minimum absolute atomic E-state index is 0.267. The van der Waals surface area contributed by atoms with Crippen molar-refractivity contribution in [3.05, 3.63) is 0 Å². The minimum Gasteiger partial charge on any atom is -0.444 e. The zero-order valence-electron chi connectivity index (χ0n) is 11.2. The predicted octanol–water partition coefficient (Wildman–Crippen LogP) is 2.37. The number of nitrogens with zero attached hydrogens (tertiary/aromatic N) is 1. The van der Waals surface area contributed by atoms with Crippen molar-refractivity contribution >= 4 is 6.09 Å². The molecule has 1 fully saturated rings. The second kappa shape index (κ2) is 5.38. The number of amides is 1. The van der Waals surface area contributed by atoms with Gasteiger partial charge in [0.25, 0.3) is 5.92 Å². The molecule has 18 heavy (non-hydrogen) atoms.